The number of hydrogen-bond donors (Lipinski definition) is 0. The Bertz CT molecular complexity index is 758. The smallest absolute Gasteiger partial charge is 0.197 e. The average molecular weight is 276 g/mol. The van der Waals surface area contributed by atoms with E-state index in [2.05, 4.69) is 0 Å². The second-order valence-electron chi connectivity index (χ2n) is 4.99. The van der Waals surface area contributed by atoms with Crippen molar-refractivity contribution < 1.29 is 14.4 Å². The highest BCUT2D eigenvalue weighted by molar-refractivity contribution is 6.41. The van der Waals surface area contributed by atoms with E-state index in [-0.39, 0.29) is 22.9 Å². The zero-order chi connectivity index (χ0) is 15.0. The molecule has 0 heterocycles. The highest BCUT2D eigenvalue weighted by Crippen LogP contribution is 2.26. The quantitative estimate of drug-likeness (QED) is 0.481. The minimum absolute atomic E-state index is 0.0539. The number of benzene rings is 2. The maximum Gasteiger partial charge on any atom is 0.197 e. The van der Waals surface area contributed by atoms with Gasteiger partial charge in [0, 0.05) is 22.8 Å². The lowest BCUT2D eigenvalue weighted by Crippen LogP contribution is -2.05. The highest BCUT2D eigenvalue weighted by atomic mass is 16.2. The predicted octanol–water partition coefficient (Wildman–Crippen LogP) is 3.18. The summed E-state index contributed by atoms with van der Waals surface area (Å²) in [6, 6.07) is 13.6. The maximum absolute atomic E-state index is 12.2. The molecular formula is C18H12O3. The highest BCUT2D eigenvalue weighted by Gasteiger charge is 2.33. The van der Waals surface area contributed by atoms with Crippen LogP contribution in [-0.4, -0.2) is 17.3 Å². The van der Waals surface area contributed by atoms with Crippen molar-refractivity contribution in [3.63, 3.8) is 0 Å². The van der Waals surface area contributed by atoms with Crippen LogP contribution in [0.15, 0.2) is 60.2 Å². The van der Waals surface area contributed by atoms with Crippen molar-refractivity contribution in [3.8, 4) is 0 Å². The second kappa shape index (κ2) is 4.94. The molecule has 2 aromatic carbocycles. The van der Waals surface area contributed by atoms with Gasteiger partial charge in [-0.2, -0.15) is 0 Å². The monoisotopic (exact) mass is 276 g/mol. The fraction of sp³-hybridized carbons (Fsp3) is 0.0556. The van der Waals surface area contributed by atoms with E-state index < -0.39 is 0 Å². The molecule has 1 aliphatic carbocycles. The van der Waals surface area contributed by atoms with Gasteiger partial charge in [-0.1, -0.05) is 54.1 Å². The van der Waals surface area contributed by atoms with Crippen LogP contribution in [0.3, 0.4) is 0 Å². The van der Waals surface area contributed by atoms with Crippen molar-refractivity contribution in [2.24, 2.45) is 0 Å². The zero-order valence-corrected chi connectivity index (χ0v) is 11.4. The van der Waals surface area contributed by atoms with Crippen molar-refractivity contribution >= 4 is 17.3 Å². The Balaban J connectivity index is 1.98. The van der Waals surface area contributed by atoms with E-state index in [0.717, 1.165) is 11.6 Å². The molecule has 0 amide bonds. The van der Waals surface area contributed by atoms with Crippen LogP contribution >= 0.6 is 0 Å². The summed E-state index contributed by atoms with van der Waals surface area (Å²) in [5, 5.41) is 0. The van der Waals surface area contributed by atoms with Crippen LogP contribution in [0.25, 0.3) is 0 Å². The van der Waals surface area contributed by atoms with Crippen molar-refractivity contribution in [1.82, 2.24) is 0 Å². The van der Waals surface area contributed by atoms with E-state index >= 15 is 0 Å². The molecule has 2 aromatic rings. The van der Waals surface area contributed by atoms with Gasteiger partial charge in [-0.25, -0.2) is 0 Å². The third kappa shape index (κ3) is 2.23. The molecule has 0 aliphatic heterocycles. The summed E-state index contributed by atoms with van der Waals surface area (Å²) >= 11 is 0. The predicted molar refractivity (Wildman–Crippen MR) is 78.7 cm³/mol. The average Bonchev–Trinajstić information content (AvgIpc) is 2.73. The second-order valence-corrected chi connectivity index (χ2v) is 4.99. The molecule has 3 nitrogen and oxygen atoms in total. The molecule has 102 valence electrons. The van der Waals surface area contributed by atoms with Gasteiger partial charge in [0.15, 0.2) is 17.3 Å². The van der Waals surface area contributed by atoms with Crippen LogP contribution in [0.1, 0.15) is 36.6 Å². The molecule has 0 spiro atoms. The van der Waals surface area contributed by atoms with Gasteiger partial charge in [-0.3, -0.25) is 14.4 Å². The number of carbonyl (C=O) groups is 3. The minimum Gasteiger partial charge on any atom is -0.289 e. The zero-order valence-electron chi connectivity index (χ0n) is 11.4. The van der Waals surface area contributed by atoms with Gasteiger partial charge >= 0.3 is 0 Å². The topological polar surface area (TPSA) is 51.2 Å². The summed E-state index contributed by atoms with van der Waals surface area (Å²) in [6.07, 6.45) is 1.15. The lowest BCUT2D eigenvalue weighted by Gasteiger charge is -1.98. The van der Waals surface area contributed by atoms with Crippen molar-refractivity contribution in [2.45, 2.75) is 6.92 Å². The maximum atomic E-state index is 12.2. The lowest BCUT2D eigenvalue weighted by atomic mass is 10.0. The van der Waals surface area contributed by atoms with Gasteiger partial charge in [0.1, 0.15) is 0 Å². The van der Waals surface area contributed by atoms with Gasteiger partial charge in [0.05, 0.1) is 5.57 Å². The Morgan fingerprint density at radius 2 is 1.38 bits per heavy atom. The van der Waals surface area contributed by atoms with Gasteiger partial charge in [0.2, 0.25) is 0 Å². The van der Waals surface area contributed by atoms with E-state index in [4.69, 9.17) is 0 Å². The summed E-state index contributed by atoms with van der Waals surface area (Å²) in [6.45, 7) is 1.92. The first-order chi connectivity index (χ1) is 10.1. The summed E-state index contributed by atoms with van der Waals surface area (Å²) in [5.74, 6) is -1.09. The van der Waals surface area contributed by atoms with Gasteiger partial charge in [0.25, 0.3) is 0 Å². The standard InChI is InChI=1S/C18H12O3/c1-11-6-8-12(9-7-11)16(19)10-15-17(20)13-4-2-3-5-14(13)18(15)21/h2-10H,1H3. The summed E-state index contributed by atoms with van der Waals surface area (Å²) in [7, 11) is 0. The van der Waals surface area contributed by atoms with Gasteiger partial charge in [-0.15, -0.1) is 0 Å². The molecule has 0 unspecified atom stereocenters. The Labute approximate surface area is 121 Å². The number of aryl methyl sites for hydroxylation is 1. The summed E-state index contributed by atoms with van der Waals surface area (Å²) < 4.78 is 0. The molecule has 1 aliphatic rings. The van der Waals surface area contributed by atoms with Crippen LogP contribution in [0.2, 0.25) is 0 Å². The van der Waals surface area contributed by atoms with Crippen LogP contribution in [0.4, 0.5) is 0 Å². The summed E-state index contributed by atoms with van der Waals surface area (Å²) in [5.41, 5.74) is 2.18. The third-order valence-corrected chi connectivity index (χ3v) is 3.52. The normalized spacial score (nSPS) is 13.3. The number of rotatable bonds is 2. The number of Topliss-reactive ketones (excluding diaryl/α,β-unsaturated/α-hetero) is 2. The van der Waals surface area contributed by atoms with Crippen molar-refractivity contribution in [1.29, 1.82) is 0 Å². The Morgan fingerprint density at radius 3 is 1.90 bits per heavy atom. The van der Waals surface area contributed by atoms with Crippen LogP contribution in [-0.2, 0) is 0 Å². The number of carbonyl (C=O) groups excluding carboxylic acids is 3. The Morgan fingerprint density at radius 1 is 0.857 bits per heavy atom. The van der Waals surface area contributed by atoms with E-state index in [1.165, 1.54) is 0 Å². The van der Waals surface area contributed by atoms with Crippen molar-refractivity contribution in [3.05, 3.63) is 82.4 Å². The molecular weight excluding hydrogens is 264 g/mol. The first kappa shape index (κ1) is 13.2. The SMILES string of the molecule is Cc1ccc(C(=O)C=C2C(=O)c3ccccc3C2=O)cc1. The number of allylic oxidation sites excluding steroid dienone is 2. The molecule has 0 aromatic heterocycles. The van der Waals surface area contributed by atoms with Gasteiger partial charge < -0.3 is 0 Å². The fourth-order valence-corrected chi connectivity index (χ4v) is 2.34. The van der Waals surface area contributed by atoms with Crippen LogP contribution in [0.5, 0.6) is 0 Å². The molecule has 3 rings (SSSR count). The van der Waals surface area contributed by atoms with E-state index in [1.54, 1.807) is 36.4 Å². The molecule has 0 atom stereocenters. The van der Waals surface area contributed by atoms with Gasteiger partial charge in [-0.05, 0) is 6.92 Å². The molecule has 0 fully saturated rings. The molecule has 21 heavy (non-hydrogen) atoms. The van der Waals surface area contributed by atoms with E-state index in [0.29, 0.717) is 16.7 Å². The largest absolute Gasteiger partial charge is 0.289 e. The Kier molecular flexibility index (Phi) is 3.10. The summed E-state index contributed by atoms with van der Waals surface area (Å²) in [4.78, 5) is 36.5. The fourth-order valence-electron chi connectivity index (χ4n) is 2.34. The molecule has 0 saturated carbocycles. The number of hydrogen-bond acceptors (Lipinski definition) is 3. The van der Waals surface area contributed by atoms with Crippen LogP contribution < -0.4 is 0 Å². The molecule has 0 radical (unpaired) electrons. The van der Waals surface area contributed by atoms with Crippen molar-refractivity contribution in [2.75, 3.05) is 0 Å². The number of fused-ring (bicyclic) bond motifs is 1. The number of ketones is 3. The molecule has 0 bridgehead atoms. The molecule has 0 N–H and O–H groups in total. The minimum atomic E-state index is -0.379. The Hall–Kier alpha value is -2.81. The molecule has 0 saturated heterocycles. The van der Waals surface area contributed by atoms with E-state index in [1.807, 2.05) is 19.1 Å². The third-order valence-electron chi connectivity index (χ3n) is 3.52. The van der Waals surface area contributed by atoms with E-state index in [9.17, 15) is 14.4 Å². The first-order valence-electron chi connectivity index (χ1n) is 6.59. The molecule has 3 heteroatoms. The lowest BCUT2D eigenvalue weighted by molar-refractivity contribution is 0.0971. The van der Waals surface area contributed by atoms with Crippen LogP contribution in [0, 0.1) is 6.92 Å². The first-order valence-corrected chi connectivity index (χ1v) is 6.59.